The maximum atomic E-state index is 12.7. The maximum absolute atomic E-state index is 12.7. The second kappa shape index (κ2) is 3.93. The Hall–Kier alpha value is -1.52. The first-order valence-electron chi connectivity index (χ1n) is 3.62. The molecule has 1 rings (SSSR count). The Balaban J connectivity index is 2.98. The van der Waals surface area contributed by atoms with Crippen LogP contribution in [0.5, 0.6) is 0 Å². The standard InChI is InChI=1S/C8H8F2N2O/c9-4-5(10)6-2-1-3-7(12-6)8(11)13/h1-3,5H,4H2,(H2,11,13). The van der Waals surface area contributed by atoms with Gasteiger partial charge in [0.15, 0.2) is 6.17 Å². The van der Waals surface area contributed by atoms with Gasteiger partial charge in [0.2, 0.25) is 0 Å². The molecular formula is C8H8F2N2O. The molecule has 0 aliphatic rings. The molecule has 13 heavy (non-hydrogen) atoms. The summed E-state index contributed by atoms with van der Waals surface area (Å²) >= 11 is 0. The van der Waals surface area contributed by atoms with Crippen molar-refractivity contribution in [1.29, 1.82) is 0 Å². The van der Waals surface area contributed by atoms with E-state index < -0.39 is 18.8 Å². The molecule has 1 aromatic rings. The molecule has 0 fully saturated rings. The number of carbonyl (C=O) groups excluding carboxylic acids is 1. The molecule has 1 atom stereocenters. The van der Waals surface area contributed by atoms with Crippen LogP contribution >= 0.6 is 0 Å². The van der Waals surface area contributed by atoms with Gasteiger partial charge < -0.3 is 5.73 Å². The van der Waals surface area contributed by atoms with Gasteiger partial charge in [0.05, 0.1) is 5.69 Å². The molecule has 1 unspecified atom stereocenters. The molecule has 1 heterocycles. The van der Waals surface area contributed by atoms with Crippen LogP contribution in [0.3, 0.4) is 0 Å². The smallest absolute Gasteiger partial charge is 0.267 e. The number of amides is 1. The molecular weight excluding hydrogens is 178 g/mol. The Bertz CT molecular complexity index is 317. The Morgan fingerprint density at radius 2 is 2.31 bits per heavy atom. The van der Waals surface area contributed by atoms with Crippen molar-refractivity contribution in [3.63, 3.8) is 0 Å². The molecule has 1 amide bonds. The van der Waals surface area contributed by atoms with Gasteiger partial charge in [0.1, 0.15) is 12.4 Å². The predicted molar refractivity (Wildman–Crippen MR) is 42.6 cm³/mol. The summed E-state index contributed by atoms with van der Waals surface area (Å²) in [7, 11) is 0. The highest BCUT2D eigenvalue weighted by atomic mass is 19.2. The third kappa shape index (κ3) is 2.21. The summed E-state index contributed by atoms with van der Waals surface area (Å²) in [4.78, 5) is 14.2. The number of nitrogens with two attached hydrogens (primary N) is 1. The number of alkyl halides is 2. The Kier molecular flexibility index (Phi) is 2.89. The molecule has 0 aliphatic heterocycles. The molecule has 0 saturated heterocycles. The van der Waals surface area contributed by atoms with Crippen LogP contribution in [0.15, 0.2) is 18.2 Å². The van der Waals surface area contributed by atoms with Crippen molar-refractivity contribution in [2.45, 2.75) is 6.17 Å². The highest BCUT2D eigenvalue weighted by molar-refractivity contribution is 5.90. The van der Waals surface area contributed by atoms with Gasteiger partial charge in [-0.1, -0.05) is 6.07 Å². The molecule has 0 aromatic carbocycles. The van der Waals surface area contributed by atoms with Gasteiger partial charge in [-0.2, -0.15) is 0 Å². The average Bonchev–Trinajstić information content (AvgIpc) is 2.17. The van der Waals surface area contributed by atoms with E-state index in [9.17, 15) is 13.6 Å². The quantitative estimate of drug-likeness (QED) is 0.770. The number of halogens is 2. The van der Waals surface area contributed by atoms with Crippen LogP contribution in [0.1, 0.15) is 22.4 Å². The van der Waals surface area contributed by atoms with Gasteiger partial charge in [0.25, 0.3) is 5.91 Å². The lowest BCUT2D eigenvalue weighted by Crippen LogP contribution is -2.14. The number of pyridine rings is 1. The van der Waals surface area contributed by atoms with Crippen molar-refractivity contribution >= 4 is 5.91 Å². The summed E-state index contributed by atoms with van der Waals surface area (Å²) in [5, 5.41) is 0. The zero-order valence-electron chi connectivity index (χ0n) is 6.71. The van der Waals surface area contributed by atoms with Gasteiger partial charge in [-0.25, -0.2) is 13.8 Å². The van der Waals surface area contributed by atoms with Crippen molar-refractivity contribution in [1.82, 2.24) is 4.98 Å². The van der Waals surface area contributed by atoms with Crippen LogP contribution in [-0.4, -0.2) is 17.6 Å². The number of rotatable bonds is 3. The first-order chi connectivity index (χ1) is 6.15. The zero-order valence-corrected chi connectivity index (χ0v) is 6.71. The normalized spacial score (nSPS) is 12.5. The summed E-state index contributed by atoms with van der Waals surface area (Å²) < 4.78 is 24.6. The third-order valence-corrected chi connectivity index (χ3v) is 1.48. The summed E-state index contributed by atoms with van der Waals surface area (Å²) in [5.41, 5.74) is 4.73. The van der Waals surface area contributed by atoms with E-state index in [1.165, 1.54) is 18.2 Å². The van der Waals surface area contributed by atoms with Crippen molar-refractivity contribution in [2.24, 2.45) is 5.73 Å². The van der Waals surface area contributed by atoms with E-state index in [2.05, 4.69) is 4.98 Å². The topological polar surface area (TPSA) is 56.0 Å². The summed E-state index contributed by atoms with van der Waals surface area (Å²) in [6.07, 6.45) is -1.79. The van der Waals surface area contributed by atoms with Crippen LogP contribution in [0.2, 0.25) is 0 Å². The second-order valence-corrected chi connectivity index (χ2v) is 2.43. The average molecular weight is 186 g/mol. The van der Waals surface area contributed by atoms with E-state index in [0.717, 1.165) is 0 Å². The lowest BCUT2D eigenvalue weighted by Gasteiger charge is -2.03. The van der Waals surface area contributed by atoms with Gasteiger partial charge in [-0.05, 0) is 12.1 Å². The van der Waals surface area contributed by atoms with Crippen LogP contribution in [0.4, 0.5) is 8.78 Å². The van der Waals surface area contributed by atoms with Crippen molar-refractivity contribution < 1.29 is 13.6 Å². The predicted octanol–water partition coefficient (Wildman–Crippen LogP) is 1.16. The number of hydrogen-bond donors (Lipinski definition) is 1. The lowest BCUT2D eigenvalue weighted by molar-refractivity contribution is 0.0995. The summed E-state index contributed by atoms with van der Waals surface area (Å²) in [6, 6.07) is 4.05. The largest absolute Gasteiger partial charge is 0.364 e. The van der Waals surface area contributed by atoms with Crippen LogP contribution in [-0.2, 0) is 0 Å². The molecule has 0 bridgehead atoms. The fraction of sp³-hybridized carbons (Fsp3) is 0.250. The first kappa shape index (κ1) is 9.57. The van der Waals surface area contributed by atoms with E-state index in [1.807, 2.05) is 0 Å². The number of aromatic nitrogens is 1. The minimum absolute atomic E-state index is 0.0615. The Morgan fingerprint density at radius 1 is 1.62 bits per heavy atom. The number of primary amides is 1. The van der Waals surface area contributed by atoms with E-state index in [-0.39, 0.29) is 11.4 Å². The van der Waals surface area contributed by atoms with E-state index >= 15 is 0 Å². The molecule has 3 nitrogen and oxygen atoms in total. The number of hydrogen-bond acceptors (Lipinski definition) is 2. The molecule has 1 aromatic heterocycles. The number of nitrogens with zero attached hydrogens (tertiary/aromatic N) is 1. The zero-order chi connectivity index (χ0) is 9.84. The fourth-order valence-electron chi connectivity index (χ4n) is 0.842. The molecule has 0 saturated carbocycles. The molecule has 2 N–H and O–H groups in total. The molecule has 0 radical (unpaired) electrons. The molecule has 5 heteroatoms. The monoisotopic (exact) mass is 186 g/mol. The van der Waals surface area contributed by atoms with E-state index in [1.54, 1.807) is 0 Å². The van der Waals surface area contributed by atoms with Gasteiger partial charge in [-0.3, -0.25) is 4.79 Å². The molecule has 0 spiro atoms. The Morgan fingerprint density at radius 3 is 2.85 bits per heavy atom. The van der Waals surface area contributed by atoms with Gasteiger partial charge >= 0.3 is 0 Å². The van der Waals surface area contributed by atoms with Gasteiger partial charge in [0, 0.05) is 0 Å². The van der Waals surface area contributed by atoms with Crippen LogP contribution in [0, 0.1) is 0 Å². The minimum Gasteiger partial charge on any atom is -0.364 e. The van der Waals surface area contributed by atoms with E-state index in [0.29, 0.717) is 0 Å². The summed E-state index contributed by atoms with van der Waals surface area (Å²) in [5.74, 6) is -0.757. The fourth-order valence-corrected chi connectivity index (χ4v) is 0.842. The highest BCUT2D eigenvalue weighted by Crippen LogP contribution is 2.15. The first-order valence-corrected chi connectivity index (χ1v) is 3.62. The van der Waals surface area contributed by atoms with Crippen LogP contribution in [0.25, 0.3) is 0 Å². The molecule has 0 aliphatic carbocycles. The van der Waals surface area contributed by atoms with Crippen molar-refractivity contribution in [2.75, 3.05) is 6.67 Å². The number of carbonyl (C=O) groups is 1. The van der Waals surface area contributed by atoms with Crippen molar-refractivity contribution in [3.8, 4) is 0 Å². The lowest BCUT2D eigenvalue weighted by atomic mass is 10.2. The second-order valence-electron chi connectivity index (χ2n) is 2.43. The maximum Gasteiger partial charge on any atom is 0.267 e. The highest BCUT2D eigenvalue weighted by Gasteiger charge is 2.12. The Labute approximate surface area is 73.6 Å². The third-order valence-electron chi connectivity index (χ3n) is 1.48. The molecule has 70 valence electrons. The van der Waals surface area contributed by atoms with Crippen molar-refractivity contribution in [3.05, 3.63) is 29.6 Å². The van der Waals surface area contributed by atoms with Crippen LogP contribution < -0.4 is 5.73 Å². The van der Waals surface area contributed by atoms with Gasteiger partial charge in [-0.15, -0.1) is 0 Å². The SMILES string of the molecule is NC(=O)c1cccc(C(F)CF)n1. The minimum atomic E-state index is -1.79. The van der Waals surface area contributed by atoms with E-state index in [4.69, 9.17) is 5.73 Å². The summed E-state index contributed by atoms with van der Waals surface area (Å²) in [6.45, 7) is -1.16.